The Morgan fingerprint density at radius 3 is 1.81 bits per heavy atom. The number of aromatic nitrogens is 6. The lowest BCUT2D eigenvalue weighted by atomic mass is 10.2. The monoisotopic (exact) mass is 929 g/mol. The second-order valence-corrected chi connectivity index (χ2v) is 15.4. The van der Waals surface area contributed by atoms with Gasteiger partial charge in [0, 0.05) is 61.9 Å². The number of carbonyl (C=O) groups is 2. The number of carbonyl (C=O) groups excluding carboxylic acids is 2. The number of anilines is 1. The highest BCUT2D eigenvalue weighted by Gasteiger charge is 2.12. The molecule has 2 amide bonds. The van der Waals surface area contributed by atoms with Crippen LogP contribution in [0.2, 0.25) is 0 Å². The predicted molar refractivity (Wildman–Crippen MR) is 242 cm³/mol. The quantitative estimate of drug-likeness (QED) is 0.0526. The third-order valence-electron chi connectivity index (χ3n) is 8.64. The number of nitrogens with zero attached hydrogens (tertiary/aromatic N) is 6. The van der Waals surface area contributed by atoms with Gasteiger partial charge in [-0.1, -0.05) is 60.7 Å². The molecule has 0 bridgehead atoms. The normalized spacial score (nSPS) is 10.4. The summed E-state index contributed by atoms with van der Waals surface area (Å²) in [4.78, 5) is 44.6. The smallest absolute Gasteiger partial charge is 0.407 e. The fourth-order valence-electron chi connectivity index (χ4n) is 5.54. The Bertz CT molecular complexity index is 2700. The number of rotatable bonds is 14. The molecule has 0 fully saturated rings. The van der Waals surface area contributed by atoms with Crippen molar-refractivity contribution in [3.05, 3.63) is 172 Å². The molecule has 6 heterocycles. The number of nitrogens with one attached hydrogen (secondary N) is 3. The Hall–Kier alpha value is -6.93. The van der Waals surface area contributed by atoms with E-state index < -0.39 is 12.2 Å². The maximum absolute atomic E-state index is 13.8. The second-order valence-electron chi connectivity index (χ2n) is 13.2. The van der Waals surface area contributed by atoms with Gasteiger partial charge < -0.3 is 31.2 Å². The minimum atomic E-state index is -0.466. The molecule has 0 spiro atoms. The van der Waals surface area contributed by atoms with Crippen LogP contribution in [-0.4, -0.2) is 55.4 Å². The van der Waals surface area contributed by atoms with Gasteiger partial charge in [0.25, 0.3) is 0 Å². The molecular formula is C44H44ClF2N10O5S2+. The third-order valence-corrected chi connectivity index (χ3v) is 10.8. The standard InChI is InChI=1S/C22H20FN5O2S.C16H15N3O3S.C6H7FN2.ClH/c23-16-7-4-10-24-17(16)13-27-21-20-18(8-11-25-21)31-19(28-20)9-12-26-22(29)30-14-15-5-2-1-3-6-15;20-16(22-11-12-4-2-1-3-5-12)17-8-6-15-18-13-10-19(21)9-7-14(13)23-15;7-5-2-1-3-9-6(5)4-8;/h1-8,10-11H,9,12-14H2,(H,25,27)(H,26,29);1-5,7,9-10H,6,8,11H2,(H-,17,20,21);1-3H,4,8H2;1H/p+1. The van der Waals surface area contributed by atoms with E-state index in [0.717, 1.165) is 40.8 Å². The zero-order valence-electron chi connectivity index (χ0n) is 34.1. The van der Waals surface area contributed by atoms with E-state index in [1.165, 1.54) is 35.7 Å². The summed E-state index contributed by atoms with van der Waals surface area (Å²) in [6, 6.07) is 28.5. The van der Waals surface area contributed by atoms with Crippen LogP contribution in [0.1, 0.15) is 32.5 Å². The first-order valence-corrected chi connectivity index (χ1v) is 21.1. The number of halogens is 3. The van der Waals surface area contributed by atoms with E-state index in [0.29, 0.717) is 48.7 Å². The van der Waals surface area contributed by atoms with Crippen LogP contribution in [0.25, 0.3) is 20.4 Å². The first-order chi connectivity index (χ1) is 30.7. The van der Waals surface area contributed by atoms with Gasteiger partial charge >= 0.3 is 12.2 Å². The Morgan fingerprint density at radius 2 is 1.25 bits per heavy atom. The average molecular weight is 930 g/mol. The van der Waals surface area contributed by atoms with E-state index in [1.807, 2.05) is 66.7 Å². The number of fused-ring (bicyclic) bond motifs is 2. The van der Waals surface area contributed by atoms with Crippen molar-refractivity contribution in [3.8, 4) is 0 Å². The number of thiazole rings is 2. The molecule has 0 radical (unpaired) electrons. The third kappa shape index (κ3) is 15.2. The fraction of sp³-hybridized carbons (Fsp3) is 0.182. The Kier molecular flexibility index (Phi) is 19.0. The lowest BCUT2D eigenvalue weighted by Crippen LogP contribution is -2.27. The largest absolute Gasteiger partial charge is 0.445 e. The van der Waals surface area contributed by atoms with E-state index in [4.69, 9.17) is 15.2 Å². The van der Waals surface area contributed by atoms with Crippen LogP contribution >= 0.6 is 35.1 Å². The summed E-state index contributed by atoms with van der Waals surface area (Å²) in [6.45, 7) is 1.71. The summed E-state index contributed by atoms with van der Waals surface area (Å²) in [5.74, 6) is -0.133. The van der Waals surface area contributed by atoms with Crippen molar-refractivity contribution in [2.45, 2.75) is 39.1 Å². The molecule has 0 unspecified atom stereocenters. The van der Waals surface area contributed by atoms with Gasteiger partial charge in [0.05, 0.1) is 37.3 Å². The van der Waals surface area contributed by atoms with E-state index in [1.54, 1.807) is 48.3 Å². The van der Waals surface area contributed by atoms with Crippen molar-refractivity contribution in [3.63, 3.8) is 0 Å². The molecule has 20 heteroatoms. The number of hydrogen-bond acceptors (Lipinski definition) is 14. The van der Waals surface area contributed by atoms with E-state index in [-0.39, 0.29) is 50.3 Å². The topological polar surface area (TPSA) is 203 Å². The molecule has 6 N–H and O–H groups in total. The SMILES string of the molecule is Cl.NCc1ncccc1F.O=C(NCCc1nc2c(NCc3ncccc3F)nccc2s1)OCc1ccccc1.O=C(NCCc1nc2c[n+](O)ccc2s1)OCc1ccccc1. The maximum atomic E-state index is 13.8. The summed E-state index contributed by atoms with van der Waals surface area (Å²) in [5, 5.41) is 19.7. The summed E-state index contributed by atoms with van der Waals surface area (Å²) in [6.07, 6.45) is 8.13. The summed E-state index contributed by atoms with van der Waals surface area (Å²) < 4.78 is 39.5. The summed E-state index contributed by atoms with van der Waals surface area (Å²) in [7, 11) is 0. The van der Waals surface area contributed by atoms with Gasteiger partial charge in [-0.05, 0) is 41.5 Å². The van der Waals surface area contributed by atoms with Crippen LogP contribution in [-0.2, 0) is 48.6 Å². The molecule has 0 aliphatic carbocycles. The van der Waals surface area contributed by atoms with Gasteiger partial charge in [-0.25, -0.2) is 33.3 Å². The highest BCUT2D eigenvalue weighted by atomic mass is 35.5. The van der Waals surface area contributed by atoms with E-state index in [9.17, 15) is 23.6 Å². The van der Waals surface area contributed by atoms with Gasteiger partial charge in [-0.2, -0.15) is 0 Å². The number of alkyl carbamates (subject to hydrolysis) is 2. The maximum Gasteiger partial charge on any atom is 0.407 e. The average Bonchev–Trinajstić information content (AvgIpc) is 3.92. The van der Waals surface area contributed by atoms with Crippen molar-refractivity contribution >= 4 is 73.5 Å². The van der Waals surface area contributed by atoms with Crippen molar-refractivity contribution < 1.29 is 37.8 Å². The highest BCUT2D eigenvalue weighted by Crippen LogP contribution is 2.27. The lowest BCUT2D eigenvalue weighted by molar-refractivity contribution is -0.904. The van der Waals surface area contributed by atoms with Crippen molar-refractivity contribution in [1.82, 2.24) is 35.6 Å². The van der Waals surface area contributed by atoms with Crippen LogP contribution < -0.4 is 26.4 Å². The van der Waals surface area contributed by atoms with Crippen LogP contribution in [0.15, 0.2) is 128 Å². The number of pyridine rings is 4. The van der Waals surface area contributed by atoms with Gasteiger partial charge in [-0.3, -0.25) is 15.2 Å². The zero-order chi connectivity index (χ0) is 44.2. The minimum absolute atomic E-state index is 0. The number of ether oxygens (including phenoxy) is 2. The van der Waals surface area contributed by atoms with Gasteiger partial charge in [-0.15, -0.1) is 35.1 Å². The molecule has 332 valence electrons. The molecule has 2 aromatic carbocycles. The van der Waals surface area contributed by atoms with Crippen LogP contribution in [0.3, 0.4) is 0 Å². The number of benzene rings is 2. The lowest BCUT2D eigenvalue weighted by Gasteiger charge is -2.06. The number of hydrogen-bond donors (Lipinski definition) is 5. The molecule has 0 aliphatic rings. The van der Waals surface area contributed by atoms with Gasteiger partial charge in [0.1, 0.15) is 30.4 Å². The molecule has 8 rings (SSSR count). The summed E-state index contributed by atoms with van der Waals surface area (Å²) in [5.41, 5.74) is 9.11. The minimum Gasteiger partial charge on any atom is -0.445 e. The predicted octanol–water partition coefficient (Wildman–Crippen LogP) is 7.70. The number of nitrogens with two attached hydrogens (primary N) is 1. The molecule has 0 atom stereocenters. The van der Waals surface area contributed by atoms with Crippen molar-refractivity contribution in [2.75, 3.05) is 18.4 Å². The molecular weight excluding hydrogens is 886 g/mol. The Labute approximate surface area is 380 Å². The van der Waals surface area contributed by atoms with Gasteiger partial charge in [0.15, 0.2) is 11.3 Å². The molecule has 8 aromatic rings. The molecule has 6 aromatic heterocycles. The van der Waals surface area contributed by atoms with Crippen LogP contribution in [0, 0.1) is 11.6 Å². The molecule has 64 heavy (non-hydrogen) atoms. The Balaban J connectivity index is 0.000000204. The zero-order valence-corrected chi connectivity index (χ0v) is 36.6. The number of amides is 2. The van der Waals surface area contributed by atoms with Crippen LogP contribution in [0.4, 0.5) is 24.2 Å². The van der Waals surface area contributed by atoms with E-state index >= 15 is 0 Å². The first-order valence-electron chi connectivity index (χ1n) is 19.5. The highest BCUT2D eigenvalue weighted by molar-refractivity contribution is 7.18. The molecule has 15 nitrogen and oxygen atoms in total. The summed E-state index contributed by atoms with van der Waals surface area (Å²) >= 11 is 3.07. The molecule has 0 saturated carbocycles. The van der Waals surface area contributed by atoms with Crippen LogP contribution in [0.5, 0.6) is 0 Å². The van der Waals surface area contributed by atoms with Gasteiger partial charge in [0.2, 0.25) is 12.4 Å². The first kappa shape index (κ1) is 48.1. The molecule has 0 aliphatic heterocycles. The van der Waals surface area contributed by atoms with Crippen molar-refractivity contribution in [1.29, 1.82) is 0 Å². The molecule has 0 saturated heterocycles. The van der Waals surface area contributed by atoms with E-state index in [2.05, 4.69) is 40.9 Å². The fourth-order valence-corrected chi connectivity index (χ4v) is 7.43. The van der Waals surface area contributed by atoms with Crippen molar-refractivity contribution in [2.24, 2.45) is 5.73 Å². The second kappa shape index (κ2) is 25.2. The Morgan fingerprint density at radius 1 is 0.688 bits per heavy atom.